The van der Waals surface area contributed by atoms with Crippen molar-refractivity contribution in [2.45, 2.75) is 39.7 Å². The van der Waals surface area contributed by atoms with Crippen LogP contribution in [0.5, 0.6) is 0 Å². The van der Waals surface area contributed by atoms with E-state index in [2.05, 4.69) is 10.6 Å². The van der Waals surface area contributed by atoms with Gasteiger partial charge in [0, 0.05) is 20.3 Å². The van der Waals surface area contributed by atoms with Gasteiger partial charge in [0.2, 0.25) is 0 Å². The molecule has 7 heteroatoms. The maximum absolute atomic E-state index is 11.6. The second-order valence-corrected chi connectivity index (χ2v) is 5.85. The molecule has 0 spiro atoms. The number of rotatable bonds is 10. The minimum absolute atomic E-state index is 0.461. The molecule has 0 heterocycles. The van der Waals surface area contributed by atoms with Crippen molar-refractivity contribution in [3.8, 4) is 0 Å². The van der Waals surface area contributed by atoms with Crippen molar-refractivity contribution in [2.24, 2.45) is 5.41 Å². The molecule has 0 aromatic heterocycles. The number of carboxylic acid groups (broad SMARTS) is 1. The number of carboxylic acids is 1. The largest absolute Gasteiger partial charge is 0.480 e. The molecule has 3 N–H and O–H groups in total. The molecule has 7 nitrogen and oxygen atoms in total. The number of hydrogen-bond donors (Lipinski definition) is 3. The SMILES string of the molecule is COCCOCCCCNC(=O)NC(C(=O)O)C(C)(C)C. The van der Waals surface area contributed by atoms with Gasteiger partial charge >= 0.3 is 12.0 Å². The Kier molecular flexibility index (Phi) is 9.73. The van der Waals surface area contributed by atoms with Crippen LogP contribution in [-0.4, -0.2) is 56.6 Å². The number of hydrogen-bond acceptors (Lipinski definition) is 4. The molecule has 0 aliphatic heterocycles. The number of nitrogens with one attached hydrogen (secondary N) is 2. The zero-order valence-corrected chi connectivity index (χ0v) is 13.4. The van der Waals surface area contributed by atoms with Gasteiger partial charge in [-0.1, -0.05) is 20.8 Å². The highest BCUT2D eigenvalue weighted by molar-refractivity contribution is 5.83. The Hall–Kier alpha value is -1.34. The molecule has 0 bridgehead atoms. The topological polar surface area (TPSA) is 96.9 Å². The molecule has 124 valence electrons. The Morgan fingerprint density at radius 2 is 1.81 bits per heavy atom. The van der Waals surface area contributed by atoms with E-state index in [1.165, 1.54) is 0 Å². The van der Waals surface area contributed by atoms with Crippen LogP contribution in [0.1, 0.15) is 33.6 Å². The number of carbonyl (C=O) groups is 2. The Morgan fingerprint density at radius 3 is 2.33 bits per heavy atom. The molecule has 2 amide bonds. The first kappa shape index (κ1) is 19.7. The normalized spacial score (nSPS) is 12.8. The number of urea groups is 1. The summed E-state index contributed by atoms with van der Waals surface area (Å²) in [5, 5.41) is 14.2. The van der Waals surface area contributed by atoms with Gasteiger partial charge in [-0.15, -0.1) is 0 Å². The van der Waals surface area contributed by atoms with E-state index in [0.717, 1.165) is 12.8 Å². The van der Waals surface area contributed by atoms with Crippen molar-refractivity contribution in [3.63, 3.8) is 0 Å². The van der Waals surface area contributed by atoms with Crippen LogP contribution >= 0.6 is 0 Å². The van der Waals surface area contributed by atoms with Crippen LogP contribution in [0.4, 0.5) is 4.79 Å². The van der Waals surface area contributed by atoms with Gasteiger partial charge in [-0.05, 0) is 18.3 Å². The maximum atomic E-state index is 11.6. The van der Waals surface area contributed by atoms with E-state index in [4.69, 9.17) is 14.6 Å². The Bertz CT molecular complexity index is 315. The third kappa shape index (κ3) is 10.1. The van der Waals surface area contributed by atoms with Crippen molar-refractivity contribution >= 4 is 12.0 Å². The average molecular weight is 304 g/mol. The molecule has 1 atom stereocenters. The molecular formula is C14H28N2O5. The minimum atomic E-state index is -1.04. The van der Waals surface area contributed by atoms with E-state index in [9.17, 15) is 9.59 Å². The fourth-order valence-corrected chi connectivity index (χ4v) is 1.61. The van der Waals surface area contributed by atoms with Crippen molar-refractivity contribution < 1.29 is 24.2 Å². The third-order valence-electron chi connectivity index (χ3n) is 2.82. The van der Waals surface area contributed by atoms with E-state index in [1.807, 2.05) is 0 Å². The molecule has 0 aliphatic rings. The summed E-state index contributed by atoms with van der Waals surface area (Å²) in [5.74, 6) is -1.04. The van der Waals surface area contributed by atoms with Gasteiger partial charge in [0.25, 0.3) is 0 Å². The lowest BCUT2D eigenvalue weighted by atomic mass is 9.87. The number of ether oxygens (including phenoxy) is 2. The number of carbonyl (C=O) groups excluding carboxylic acids is 1. The Labute approximate surface area is 126 Å². The standard InChI is InChI=1S/C14H28N2O5/c1-14(2,3)11(12(17)18)16-13(19)15-7-5-6-8-21-10-9-20-4/h11H,5-10H2,1-4H3,(H,17,18)(H2,15,16,19). The summed E-state index contributed by atoms with van der Waals surface area (Å²) in [4.78, 5) is 22.8. The van der Waals surface area contributed by atoms with Crippen LogP contribution in [-0.2, 0) is 14.3 Å². The lowest BCUT2D eigenvalue weighted by Gasteiger charge is -2.27. The summed E-state index contributed by atoms with van der Waals surface area (Å²) in [6, 6.07) is -1.38. The van der Waals surface area contributed by atoms with E-state index in [0.29, 0.717) is 26.4 Å². The first-order valence-electron chi connectivity index (χ1n) is 7.13. The monoisotopic (exact) mass is 304 g/mol. The number of unbranched alkanes of at least 4 members (excludes halogenated alkanes) is 1. The van der Waals surface area contributed by atoms with E-state index in [1.54, 1.807) is 27.9 Å². The molecule has 0 radical (unpaired) electrons. The molecule has 0 aromatic carbocycles. The van der Waals surface area contributed by atoms with Gasteiger partial charge in [-0.2, -0.15) is 0 Å². The summed E-state index contributed by atoms with van der Waals surface area (Å²) in [6.07, 6.45) is 1.60. The highest BCUT2D eigenvalue weighted by atomic mass is 16.5. The fraction of sp³-hybridized carbons (Fsp3) is 0.857. The van der Waals surface area contributed by atoms with Crippen LogP contribution in [0.25, 0.3) is 0 Å². The maximum Gasteiger partial charge on any atom is 0.326 e. The van der Waals surface area contributed by atoms with Crippen LogP contribution < -0.4 is 10.6 Å². The predicted molar refractivity (Wildman–Crippen MR) is 79.3 cm³/mol. The zero-order valence-electron chi connectivity index (χ0n) is 13.4. The summed E-state index contributed by atoms with van der Waals surface area (Å²) in [6.45, 7) is 7.54. The van der Waals surface area contributed by atoms with Gasteiger partial charge in [0.15, 0.2) is 0 Å². The predicted octanol–water partition coefficient (Wildman–Crippen LogP) is 1.23. The van der Waals surface area contributed by atoms with Gasteiger partial charge in [0.1, 0.15) is 6.04 Å². The molecule has 1 unspecified atom stereocenters. The quantitative estimate of drug-likeness (QED) is 0.527. The lowest BCUT2D eigenvalue weighted by molar-refractivity contribution is -0.141. The first-order chi connectivity index (χ1) is 9.79. The number of methoxy groups -OCH3 is 1. The third-order valence-corrected chi connectivity index (χ3v) is 2.82. The first-order valence-corrected chi connectivity index (χ1v) is 7.13. The van der Waals surface area contributed by atoms with Crippen LogP contribution in [0.3, 0.4) is 0 Å². The van der Waals surface area contributed by atoms with E-state index < -0.39 is 23.5 Å². The molecule has 0 rings (SSSR count). The van der Waals surface area contributed by atoms with E-state index in [-0.39, 0.29) is 0 Å². The van der Waals surface area contributed by atoms with Crippen molar-refractivity contribution in [1.82, 2.24) is 10.6 Å². The van der Waals surface area contributed by atoms with Gasteiger partial charge in [-0.25, -0.2) is 9.59 Å². The molecule has 0 fully saturated rings. The molecule has 0 aromatic rings. The summed E-state index contributed by atoms with van der Waals surface area (Å²) in [7, 11) is 1.62. The highest BCUT2D eigenvalue weighted by Crippen LogP contribution is 2.19. The fourth-order valence-electron chi connectivity index (χ4n) is 1.61. The van der Waals surface area contributed by atoms with Crippen molar-refractivity contribution in [3.05, 3.63) is 0 Å². The summed E-state index contributed by atoms with van der Waals surface area (Å²) < 4.78 is 10.1. The zero-order chi connectivity index (χ0) is 16.3. The summed E-state index contributed by atoms with van der Waals surface area (Å²) >= 11 is 0. The molecule has 0 saturated heterocycles. The van der Waals surface area contributed by atoms with Crippen LogP contribution in [0, 0.1) is 5.41 Å². The minimum Gasteiger partial charge on any atom is -0.480 e. The molecular weight excluding hydrogens is 276 g/mol. The number of aliphatic carboxylic acids is 1. The van der Waals surface area contributed by atoms with Crippen LogP contribution in [0.15, 0.2) is 0 Å². The lowest BCUT2D eigenvalue weighted by Crippen LogP contribution is -2.52. The smallest absolute Gasteiger partial charge is 0.326 e. The number of amides is 2. The Balaban J connectivity index is 3.77. The molecule has 0 saturated carbocycles. The van der Waals surface area contributed by atoms with Crippen molar-refractivity contribution in [2.75, 3.05) is 33.5 Å². The summed E-state index contributed by atoms with van der Waals surface area (Å²) in [5.41, 5.74) is -0.543. The second kappa shape index (κ2) is 10.4. The van der Waals surface area contributed by atoms with Gasteiger partial charge in [-0.3, -0.25) is 0 Å². The Morgan fingerprint density at radius 1 is 1.14 bits per heavy atom. The van der Waals surface area contributed by atoms with Gasteiger partial charge in [0.05, 0.1) is 13.2 Å². The van der Waals surface area contributed by atoms with E-state index >= 15 is 0 Å². The average Bonchev–Trinajstić information content (AvgIpc) is 2.37. The molecule has 21 heavy (non-hydrogen) atoms. The van der Waals surface area contributed by atoms with Crippen LogP contribution in [0.2, 0.25) is 0 Å². The second-order valence-electron chi connectivity index (χ2n) is 5.85. The molecule has 0 aliphatic carbocycles. The van der Waals surface area contributed by atoms with Gasteiger partial charge < -0.3 is 25.2 Å². The van der Waals surface area contributed by atoms with Crippen molar-refractivity contribution in [1.29, 1.82) is 0 Å². The highest BCUT2D eigenvalue weighted by Gasteiger charge is 2.32.